The molecule has 0 fully saturated rings. The zero-order valence-corrected chi connectivity index (χ0v) is 16.1. The lowest BCUT2D eigenvalue weighted by molar-refractivity contribution is -0.274. The van der Waals surface area contributed by atoms with Gasteiger partial charge in [-0.2, -0.15) is 5.10 Å². The van der Waals surface area contributed by atoms with Crippen molar-refractivity contribution >= 4 is 23.1 Å². The first-order chi connectivity index (χ1) is 14.0. The smallest absolute Gasteiger partial charge is 0.406 e. The van der Waals surface area contributed by atoms with Crippen LogP contribution in [0.2, 0.25) is 0 Å². The average molecular weight is 421 g/mol. The lowest BCUT2D eigenvalue weighted by Crippen LogP contribution is -2.17. The molecule has 8 nitrogen and oxygen atoms in total. The summed E-state index contributed by atoms with van der Waals surface area (Å²) in [6.45, 7) is 3.56. The molecule has 2 heterocycles. The van der Waals surface area contributed by atoms with E-state index in [9.17, 15) is 22.8 Å². The van der Waals surface area contributed by atoms with Crippen molar-refractivity contribution in [2.45, 2.75) is 33.1 Å². The third kappa shape index (κ3) is 4.67. The minimum Gasteiger partial charge on any atom is -0.406 e. The second kappa shape index (κ2) is 8.01. The number of aromatic nitrogens is 3. The van der Waals surface area contributed by atoms with Gasteiger partial charge < -0.3 is 15.8 Å². The first-order valence-electron chi connectivity index (χ1n) is 8.84. The number of anilines is 1. The molecular formula is C19H18F3N5O3. The quantitative estimate of drug-likeness (QED) is 0.636. The van der Waals surface area contributed by atoms with Crippen molar-refractivity contribution in [2.75, 3.05) is 5.32 Å². The number of nitrogens with zero attached hydrogens (tertiary/aromatic N) is 3. The Morgan fingerprint density at radius 1 is 1.20 bits per heavy atom. The van der Waals surface area contributed by atoms with Crippen LogP contribution in [-0.2, 0) is 11.2 Å². The summed E-state index contributed by atoms with van der Waals surface area (Å²) in [5.41, 5.74) is 8.40. The minimum atomic E-state index is -4.78. The van der Waals surface area contributed by atoms with Gasteiger partial charge in [0.05, 0.1) is 6.20 Å². The molecule has 2 amide bonds. The fraction of sp³-hybridized carbons (Fsp3) is 0.263. The highest BCUT2D eigenvalue weighted by Crippen LogP contribution is 2.24. The van der Waals surface area contributed by atoms with Gasteiger partial charge in [0.25, 0.3) is 5.91 Å². The van der Waals surface area contributed by atoms with E-state index in [1.54, 1.807) is 13.8 Å². The highest BCUT2D eigenvalue weighted by Gasteiger charge is 2.31. The van der Waals surface area contributed by atoms with Crippen LogP contribution in [0.15, 0.2) is 30.5 Å². The Morgan fingerprint density at radius 2 is 1.87 bits per heavy atom. The monoisotopic (exact) mass is 421 g/mol. The summed E-state index contributed by atoms with van der Waals surface area (Å²) in [6.07, 6.45) is -2.96. The molecule has 0 atom stereocenters. The van der Waals surface area contributed by atoms with E-state index < -0.39 is 12.3 Å². The van der Waals surface area contributed by atoms with Gasteiger partial charge in [-0.05, 0) is 50.1 Å². The summed E-state index contributed by atoms with van der Waals surface area (Å²) in [7, 11) is 0. The summed E-state index contributed by atoms with van der Waals surface area (Å²) in [5, 5.41) is 6.75. The molecule has 30 heavy (non-hydrogen) atoms. The number of hydrogen-bond acceptors (Lipinski definition) is 5. The van der Waals surface area contributed by atoms with Crippen LogP contribution in [0.3, 0.4) is 0 Å². The maximum absolute atomic E-state index is 12.3. The van der Waals surface area contributed by atoms with Gasteiger partial charge in [0.1, 0.15) is 11.3 Å². The predicted octanol–water partition coefficient (Wildman–Crippen LogP) is 2.91. The fourth-order valence-electron chi connectivity index (χ4n) is 3.05. The van der Waals surface area contributed by atoms with E-state index in [2.05, 4.69) is 20.1 Å². The summed E-state index contributed by atoms with van der Waals surface area (Å²) in [5.74, 6) is -1.33. The Labute approximate surface area is 168 Å². The number of halogens is 3. The van der Waals surface area contributed by atoms with Gasteiger partial charge in [-0.15, -0.1) is 13.2 Å². The average Bonchev–Trinajstić information content (AvgIpc) is 3.06. The SMILES string of the molecule is Cc1nc2c(C(N)=O)cnn2c(C)c1CCC(=O)Nc1ccc(OC(F)(F)F)cc1. The second-order valence-corrected chi connectivity index (χ2v) is 6.54. The van der Waals surface area contributed by atoms with Crippen molar-refractivity contribution in [3.8, 4) is 5.75 Å². The Bertz CT molecular complexity index is 1110. The van der Waals surface area contributed by atoms with Crippen LogP contribution in [0.25, 0.3) is 5.65 Å². The van der Waals surface area contributed by atoms with Crippen LogP contribution < -0.4 is 15.8 Å². The molecule has 0 bridgehead atoms. The third-order valence-corrected chi connectivity index (χ3v) is 4.45. The van der Waals surface area contributed by atoms with Crippen LogP contribution >= 0.6 is 0 Å². The minimum absolute atomic E-state index is 0.111. The number of rotatable bonds is 6. The predicted molar refractivity (Wildman–Crippen MR) is 101 cm³/mol. The van der Waals surface area contributed by atoms with Crippen molar-refractivity contribution in [2.24, 2.45) is 5.73 Å². The number of hydrogen-bond donors (Lipinski definition) is 2. The van der Waals surface area contributed by atoms with Crippen LogP contribution in [0.5, 0.6) is 5.75 Å². The van der Waals surface area contributed by atoms with E-state index >= 15 is 0 Å². The molecule has 0 unspecified atom stereocenters. The standard InChI is InChI=1S/C19H18F3N5O3/c1-10-14(11(2)27-18(25-10)15(9-24-27)17(23)29)7-8-16(28)26-12-3-5-13(6-4-12)30-19(20,21)22/h3-6,9H,7-8H2,1-2H3,(H2,23,29)(H,26,28). The van der Waals surface area contributed by atoms with Crippen molar-refractivity contribution in [1.82, 2.24) is 14.6 Å². The van der Waals surface area contributed by atoms with E-state index in [1.165, 1.54) is 22.8 Å². The third-order valence-electron chi connectivity index (χ3n) is 4.45. The second-order valence-electron chi connectivity index (χ2n) is 6.54. The molecule has 0 aliphatic heterocycles. The molecule has 2 aromatic heterocycles. The van der Waals surface area contributed by atoms with Gasteiger partial charge in [0, 0.05) is 23.5 Å². The summed E-state index contributed by atoms with van der Waals surface area (Å²) < 4.78 is 41.9. The van der Waals surface area contributed by atoms with E-state index in [-0.39, 0.29) is 23.6 Å². The lowest BCUT2D eigenvalue weighted by Gasteiger charge is -2.12. The molecule has 3 rings (SSSR count). The topological polar surface area (TPSA) is 112 Å². The van der Waals surface area contributed by atoms with Crippen molar-refractivity contribution in [1.29, 1.82) is 0 Å². The van der Waals surface area contributed by atoms with Gasteiger partial charge in [0.2, 0.25) is 5.91 Å². The van der Waals surface area contributed by atoms with Gasteiger partial charge in [0.15, 0.2) is 5.65 Å². The van der Waals surface area contributed by atoms with Crippen LogP contribution in [0.4, 0.5) is 18.9 Å². The number of carbonyl (C=O) groups excluding carboxylic acids is 2. The van der Waals surface area contributed by atoms with E-state index in [1.807, 2.05) is 0 Å². The van der Waals surface area contributed by atoms with E-state index in [0.717, 1.165) is 23.4 Å². The van der Waals surface area contributed by atoms with Gasteiger partial charge in [-0.1, -0.05) is 0 Å². The van der Waals surface area contributed by atoms with Crippen LogP contribution in [-0.4, -0.2) is 32.8 Å². The Morgan fingerprint density at radius 3 is 2.47 bits per heavy atom. The maximum Gasteiger partial charge on any atom is 0.573 e. The van der Waals surface area contributed by atoms with Gasteiger partial charge in [-0.25, -0.2) is 9.50 Å². The molecule has 0 saturated heterocycles. The largest absolute Gasteiger partial charge is 0.573 e. The zero-order chi connectivity index (χ0) is 22.1. The summed E-state index contributed by atoms with van der Waals surface area (Å²) in [6, 6.07) is 4.86. The first kappa shape index (κ1) is 21.1. The first-order valence-corrected chi connectivity index (χ1v) is 8.84. The number of benzene rings is 1. The number of aryl methyl sites for hydroxylation is 2. The Balaban J connectivity index is 1.67. The van der Waals surface area contributed by atoms with Crippen LogP contribution in [0.1, 0.15) is 33.7 Å². The zero-order valence-electron chi connectivity index (χ0n) is 16.1. The molecule has 158 valence electrons. The molecule has 1 aromatic carbocycles. The van der Waals surface area contributed by atoms with Crippen LogP contribution in [0, 0.1) is 13.8 Å². The number of nitrogens with two attached hydrogens (primary N) is 1. The number of carbonyl (C=O) groups is 2. The molecule has 0 aliphatic carbocycles. The number of alkyl halides is 3. The summed E-state index contributed by atoms with van der Waals surface area (Å²) >= 11 is 0. The molecule has 0 spiro atoms. The van der Waals surface area contributed by atoms with Crippen molar-refractivity contribution in [3.63, 3.8) is 0 Å². The maximum atomic E-state index is 12.3. The molecule has 3 aromatic rings. The van der Waals surface area contributed by atoms with Gasteiger partial charge >= 0.3 is 6.36 Å². The molecule has 0 saturated carbocycles. The van der Waals surface area contributed by atoms with E-state index in [4.69, 9.17) is 5.73 Å². The molecule has 0 aliphatic rings. The number of fused-ring (bicyclic) bond motifs is 1. The normalized spacial score (nSPS) is 11.5. The molecule has 0 radical (unpaired) electrons. The number of amides is 2. The van der Waals surface area contributed by atoms with Crippen molar-refractivity contribution in [3.05, 3.63) is 53.0 Å². The van der Waals surface area contributed by atoms with Crippen molar-refractivity contribution < 1.29 is 27.5 Å². The molecule has 3 N–H and O–H groups in total. The molecular weight excluding hydrogens is 403 g/mol. The highest BCUT2D eigenvalue weighted by molar-refractivity contribution is 5.98. The lowest BCUT2D eigenvalue weighted by atomic mass is 10.1. The highest BCUT2D eigenvalue weighted by atomic mass is 19.4. The fourth-order valence-corrected chi connectivity index (χ4v) is 3.05. The summed E-state index contributed by atoms with van der Waals surface area (Å²) in [4.78, 5) is 28.1. The number of primary amides is 1. The number of nitrogens with one attached hydrogen (secondary N) is 1. The van der Waals surface area contributed by atoms with E-state index in [0.29, 0.717) is 23.4 Å². The van der Waals surface area contributed by atoms with Gasteiger partial charge in [-0.3, -0.25) is 9.59 Å². The Kier molecular flexibility index (Phi) is 5.63. The molecule has 11 heteroatoms. The number of ether oxygens (including phenoxy) is 1. The Hall–Kier alpha value is -3.63.